The Morgan fingerprint density at radius 1 is 1.08 bits per heavy atom. The molecule has 3 amide bonds. The maximum absolute atomic E-state index is 12.8. The molecule has 3 rings (SSSR count). The summed E-state index contributed by atoms with van der Waals surface area (Å²) in [6.07, 6.45) is 3.97. The van der Waals surface area contributed by atoms with Crippen molar-refractivity contribution in [3.05, 3.63) is 0 Å². The first-order valence-corrected chi connectivity index (χ1v) is 9.42. The highest BCUT2D eigenvalue weighted by Gasteiger charge is 2.53. The molecule has 0 aromatic rings. The number of amides is 3. The highest BCUT2D eigenvalue weighted by atomic mass is 16.5. The van der Waals surface area contributed by atoms with E-state index >= 15 is 0 Å². The van der Waals surface area contributed by atoms with Crippen LogP contribution in [0.2, 0.25) is 0 Å². The third-order valence-corrected chi connectivity index (χ3v) is 6.16. The molecular weight excluding hydrogens is 322 g/mol. The summed E-state index contributed by atoms with van der Waals surface area (Å²) >= 11 is 0. The summed E-state index contributed by atoms with van der Waals surface area (Å²) in [5.74, 6) is 0.0802. The lowest BCUT2D eigenvalue weighted by atomic mass is 9.71. The highest BCUT2D eigenvalue weighted by molar-refractivity contribution is 5.82. The van der Waals surface area contributed by atoms with Gasteiger partial charge in [-0.2, -0.15) is 0 Å². The van der Waals surface area contributed by atoms with Gasteiger partial charge < -0.3 is 24.2 Å². The van der Waals surface area contributed by atoms with Gasteiger partial charge in [0, 0.05) is 58.9 Å². The van der Waals surface area contributed by atoms with Crippen LogP contribution in [0.1, 0.15) is 25.7 Å². The van der Waals surface area contributed by atoms with Gasteiger partial charge in [0.15, 0.2) is 0 Å². The number of carbonyl (C=O) groups is 2. The van der Waals surface area contributed by atoms with E-state index in [-0.39, 0.29) is 23.3 Å². The Labute approximate surface area is 150 Å². The van der Waals surface area contributed by atoms with E-state index in [4.69, 9.17) is 9.47 Å². The molecule has 1 spiro atoms. The maximum atomic E-state index is 12.8. The Morgan fingerprint density at radius 3 is 2.32 bits per heavy atom. The van der Waals surface area contributed by atoms with E-state index in [1.165, 1.54) is 0 Å². The summed E-state index contributed by atoms with van der Waals surface area (Å²) < 4.78 is 10.5. The van der Waals surface area contributed by atoms with Crippen molar-refractivity contribution in [1.29, 1.82) is 0 Å². The molecule has 0 N–H and O–H groups in total. The third kappa shape index (κ3) is 3.62. The normalized spacial score (nSPS) is 26.1. The molecule has 25 heavy (non-hydrogen) atoms. The van der Waals surface area contributed by atoms with Crippen molar-refractivity contribution in [3.63, 3.8) is 0 Å². The molecule has 3 heterocycles. The lowest BCUT2D eigenvalue weighted by molar-refractivity contribution is -0.134. The van der Waals surface area contributed by atoms with Crippen molar-refractivity contribution in [1.82, 2.24) is 14.7 Å². The summed E-state index contributed by atoms with van der Waals surface area (Å²) in [4.78, 5) is 31.3. The zero-order valence-corrected chi connectivity index (χ0v) is 15.5. The summed E-state index contributed by atoms with van der Waals surface area (Å²) in [6.45, 7) is 5.65. The molecular formula is C18H31N3O4. The van der Waals surface area contributed by atoms with Crippen molar-refractivity contribution >= 4 is 11.9 Å². The second kappa shape index (κ2) is 7.91. The van der Waals surface area contributed by atoms with Gasteiger partial charge in [-0.05, 0) is 25.7 Å². The number of urea groups is 1. The first kappa shape index (κ1) is 18.5. The second-order valence-electron chi connectivity index (χ2n) is 7.59. The quantitative estimate of drug-likeness (QED) is 0.741. The molecule has 0 radical (unpaired) electrons. The van der Waals surface area contributed by atoms with Crippen molar-refractivity contribution in [2.24, 2.45) is 11.3 Å². The minimum Gasteiger partial charge on any atom is -0.384 e. The lowest BCUT2D eigenvalue weighted by Crippen LogP contribution is -2.50. The van der Waals surface area contributed by atoms with Gasteiger partial charge in [-0.1, -0.05) is 0 Å². The van der Waals surface area contributed by atoms with E-state index < -0.39 is 0 Å². The molecule has 7 heteroatoms. The topological polar surface area (TPSA) is 62.3 Å². The molecule has 0 bridgehead atoms. The van der Waals surface area contributed by atoms with Crippen molar-refractivity contribution in [2.45, 2.75) is 25.7 Å². The molecule has 1 unspecified atom stereocenters. The number of carbonyl (C=O) groups excluding carboxylic acids is 2. The third-order valence-electron chi connectivity index (χ3n) is 6.16. The second-order valence-corrected chi connectivity index (χ2v) is 7.59. The average Bonchev–Trinajstić information content (AvgIpc) is 3.24. The Hall–Kier alpha value is -1.34. The van der Waals surface area contributed by atoms with E-state index in [1.807, 2.05) is 14.7 Å². The molecule has 7 nitrogen and oxygen atoms in total. The van der Waals surface area contributed by atoms with Gasteiger partial charge in [-0.15, -0.1) is 0 Å². The van der Waals surface area contributed by atoms with Gasteiger partial charge in [0.05, 0.1) is 19.1 Å². The Balaban J connectivity index is 1.64. The largest absolute Gasteiger partial charge is 0.384 e. The number of hydrogen-bond acceptors (Lipinski definition) is 4. The Bertz CT molecular complexity index is 485. The first-order valence-electron chi connectivity index (χ1n) is 9.42. The molecule has 0 aromatic carbocycles. The monoisotopic (exact) mass is 353 g/mol. The van der Waals surface area contributed by atoms with Crippen LogP contribution < -0.4 is 0 Å². The fourth-order valence-electron chi connectivity index (χ4n) is 4.61. The molecule has 0 saturated carbocycles. The fourth-order valence-corrected chi connectivity index (χ4v) is 4.61. The number of ether oxygens (including phenoxy) is 2. The van der Waals surface area contributed by atoms with E-state index in [2.05, 4.69) is 0 Å². The first-order chi connectivity index (χ1) is 12.1. The summed E-state index contributed by atoms with van der Waals surface area (Å²) in [6, 6.07) is 0.177. The van der Waals surface area contributed by atoms with E-state index in [0.29, 0.717) is 19.8 Å². The van der Waals surface area contributed by atoms with Crippen LogP contribution in [0.15, 0.2) is 0 Å². The standard InChI is InChI=1S/C18H31N3O4/c1-24-12-11-21-14-18(15(13-25-2)16(21)22)5-9-20(10-6-18)17(23)19-7-3-4-8-19/h15H,3-14H2,1-2H3. The predicted octanol–water partition coefficient (Wildman–Crippen LogP) is 1.04. The molecule has 3 aliphatic rings. The van der Waals surface area contributed by atoms with Crippen LogP contribution in [0.25, 0.3) is 0 Å². The summed E-state index contributed by atoms with van der Waals surface area (Å²) in [5.41, 5.74) is -0.0668. The van der Waals surface area contributed by atoms with Crippen LogP contribution in [-0.4, -0.2) is 93.3 Å². The SMILES string of the molecule is COCCN1CC2(CCN(C(=O)N3CCCC3)CC2)C(COC)C1=O. The summed E-state index contributed by atoms with van der Waals surface area (Å²) in [5, 5.41) is 0. The van der Waals surface area contributed by atoms with Gasteiger partial charge in [0.2, 0.25) is 5.91 Å². The molecule has 3 saturated heterocycles. The van der Waals surface area contributed by atoms with Crippen LogP contribution in [0, 0.1) is 11.3 Å². The van der Waals surface area contributed by atoms with Crippen molar-refractivity contribution in [2.75, 3.05) is 66.7 Å². The minimum atomic E-state index is -0.0987. The highest BCUT2D eigenvalue weighted by Crippen LogP contribution is 2.45. The van der Waals surface area contributed by atoms with Gasteiger partial charge in [0.1, 0.15) is 0 Å². The molecule has 142 valence electrons. The number of likely N-dealkylation sites (tertiary alicyclic amines) is 3. The number of hydrogen-bond donors (Lipinski definition) is 0. The number of nitrogens with zero attached hydrogens (tertiary/aromatic N) is 3. The lowest BCUT2D eigenvalue weighted by Gasteiger charge is -2.42. The zero-order valence-electron chi connectivity index (χ0n) is 15.5. The van der Waals surface area contributed by atoms with Crippen LogP contribution in [0.5, 0.6) is 0 Å². The number of rotatable bonds is 5. The van der Waals surface area contributed by atoms with Crippen molar-refractivity contribution in [3.8, 4) is 0 Å². The van der Waals surface area contributed by atoms with Gasteiger partial charge in [-0.25, -0.2) is 4.79 Å². The van der Waals surface area contributed by atoms with Crippen LogP contribution in [0.3, 0.4) is 0 Å². The zero-order chi connectivity index (χ0) is 17.9. The summed E-state index contributed by atoms with van der Waals surface area (Å²) in [7, 11) is 3.32. The predicted molar refractivity (Wildman–Crippen MR) is 93.3 cm³/mol. The minimum absolute atomic E-state index is 0.0668. The molecule has 0 aliphatic carbocycles. The van der Waals surface area contributed by atoms with E-state index in [0.717, 1.165) is 58.4 Å². The van der Waals surface area contributed by atoms with Gasteiger partial charge >= 0.3 is 6.03 Å². The molecule has 0 aromatic heterocycles. The number of methoxy groups -OCH3 is 2. The average molecular weight is 353 g/mol. The van der Waals surface area contributed by atoms with E-state index in [1.54, 1.807) is 14.2 Å². The molecule has 3 aliphatic heterocycles. The number of piperidine rings is 1. The fraction of sp³-hybridized carbons (Fsp3) is 0.889. The van der Waals surface area contributed by atoms with Gasteiger partial charge in [-0.3, -0.25) is 4.79 Å². The van der Waals surface area contributed by atoms with Crippen molar-refractivity contribution < 1.29 is 19.1 Å². The van der Waals surface area contributed by atoms with Crippen LogP contribution in [-0.2, 0) is 14.3 Å². The van der Waals surface area contributed by atoms with Gasteiger partial charge in [0.25, 0.3) is 0 Å². The maximum Gasteiger partial charge on any atom is 0.319 e. The van der Waals surface area contributed by atoms with E-state index in [9.17, 15) is 9.59 Å². The Kier molecular flexibility index (Phi) is 5.84. The molecule has 3 fully saturated rings. The van der Waals surface area contributed by atoms with Crippen LogP contribution >= 0.6 is 0 Å². The smallest absolute Gasteiger partial charge is 0.319 e. The Morgan fingerprint density at radius 2 is 1.72 bits per heavy atom. The van der Waals surface area contributed by atoms with Crippen LogP contribution in [0.4, 0.5) is 4.79 Å². The molecule has 1 atom stereocenters.